The lowest BCUT2D eigenvalue weighted by Crippen LogP contribution is -2.10. The highest BCUT2D eigenvalue weighted by molar-refractivity contribution is 7.27. The fraction of sp³-hybridized carbons (Fsp3) is 0.0909. The second-order valence-corrected chi connectivity index (χ2v) is 11.2. The summed E-state index contributed by atoms with van der Waals surface area (Å²) in [6.07, 6.45) is 1.25. The minimum atomic E-state index is 0.267. The van der Waals surface area contributed by atoms with Crippen LogP contribution in [0.1, 0.15) is 20.3 Å². The van der Waals surface area contributed by atoms with Crippen molar-refractivity contribution < 1.29 is 5.11 Å². The third kappa shape index (κ3) is 4.12. The molecule has 0 radical (unpaired) electrons. The van der Waals surface area contributed by atoms with E-state index in [0.29, 0.717) is 0 Å². The van der Waals surface area contributed by atoms with Gasteiger partial charge in [-0.3, -0.25) is 0 Å². The van der Waals surface area contributed by atoms with Crippen LogP contribution in [0.5, 0.6) is 5.75 Å². The molecule has 0 amide bonds. The topological polar surface area (TPSA) is 23.5 Å². The zero-order valence-corrected chi connectivity index (χ0v) is 22.4. The van der Waals surface area contributed by atoms with E-state index in [-0.39, 0.29) is 5.75 Å². The Labute approximate surface area is 224 Å². The van der Waals surface area contributed by atoms with Gasteiger partial charge in [-0.25, -0.2) is 0 Å². The minimum absolute atomic E-state index is 0.267. The van der Waals surface area contributed by atoms with Crippen molar-refractivity contribution in [3.8, 4) is 5.75 Å². The van der Waals surface area contributed by atoms with Crippen LogP contribution < -0.4 is 4.90 Å². The van der Waals surface area contributed by atoms with Gasteiger partial charge in [0.2, 0.25) is 0 Å². The molecule has 37 heavy (non-hydrogen) atoms. The zero-order valence-electron chi connectivity index (χ0n) is 20.8. The molecular formula is C33H27NOS2. The van der Waals surface area contributed by atoms with Gasteiger partial charge >= 0.3 is 0 Å². The first-order valence-corrected chi connectivity index (χ1v) is 14.2. The van der Waals surface area contributed by atoms with E-state index in [1.54, 1.807) is 12.1 Å². The molecule has 0 saturated carbocycles. The maximum Gasteiger partial charge on any atom is 0.115 e. The fourth-order valence-electron chi connectivity index (χ4n) is 4.83. The molecule has 0 saturated heterocycles. The van der Waals surface area contributed by atoms with Crippen molar-refractivity contribution in [1.82, 2.24) is 0 Å². The maximum atomic E-state index is 10.00. The molecule has 0 spiro atoms. The number of aromatic hydroxyl groups is 1. The van der Waals surface area contributed by atoms with Crippen molar-refractivity contribution in [3.05, 3.63) is 109 Å². The van der Waals surface area contributed by atoms with Crippen LogP contribution in [0.3, 0.4) is 0 Å². The van der Waals surface area contributed by atoms with Crippen LogP contribution >= 0.6 is 22.7 Å². The van der Waals surface area contributed by atoms with Crippen LogP contribution in [0.4, 0.5) is 17.1 Å². The summed E-state index contributed by atoms with van der Waals surface area (Å²) in [6.45, 7) is 4.25. The van der Waals surface area contributed by atoms with Crippen molar-refractivity contribution in [1.29, 1.82) is 0 Å². The number of rotatable bonds is 3. The SMILES string of the molecule is CCC.Oc1ccc(N(c2cccc3c2sc2ccccc23)c2cccc3c2sc2ccccc23)cc1. The predicted molar refractivity (Wildman–Crippen MR) is 165 cm³/mol. The molecule has 0 atom stereocenters. The Morgan fingerprint density at radius 1 is 0.541 bits per heavy atom. The van der Waals surface area contributed by atoms with E-state index in [1.165, 1.54) is 46.8 Å². The third-order valence-electron chi connectivity index (χ3n) is 6.36. The van der Waals surface area contributed by atoms with Crippen LogP contribution in [0.15, 0.2) is 109 Å². The summed E-state index contributed by atoms with van der Waals surface area (Å²) in [5.74, 6) is 0.267. The number of phenols is 1. The van der Waals surface area contributed by atoms with Gasteiger partial charge in [-0.1, -0.05) is 80.9 Å². The lowest BCUT2D eigenvalue weighted by molar-refractivity contribution is 0.475. The smallest absolute Gasteiger partial charge is 0.115 e. The second kappa shape index (κ2) is 9.89. The number of nitrogens with zero attached hydrogens (tertiary/aromatic N) is 1. The number of phenolic OH excluding ortho intramolecular Hbond substituents is 1. The normalized spacial score (nSPS) is 11.2. The highest BCUT2D eigenvalue weighted by Gasteiger charge is 2.21. The van der Waals surface area contributed by atoms with Gasteiger partial charge in [0.05, 0.1) is 20.8 Å². The average molecular weight is 518 g/mol. The predicted octanol–water partition coefficient (Wildman–Crippen LogP) is 11.0. The second-order valence-electron chi connectivity index (χ2n) is 9.06. The lowest BCUT2D eigenvalue weighted by atomic mass is 10.1. The maximum absolute atomic E-state index is 10.00. The molecule has 1 N–H and O–H groups in total. The Hall–Kier alpha value is -3.86. The molecule has 0 fully saturated rings. The van der Waals surface area contributed by atoms with E-state index in [9.17, 15) is 5.11 Å². The number of benzene rings is 5. The molecule has 0 bridgehead atoms. The summed E-state index contributed by atoms with van der Waals surface area (Å²) in [5, 5.41) is 15.1. The monoisotopic (exact) mass is 517 g/mol. The quantitative estimate of drug-likeness (QED) is 0.252. The van der Waals surface area contributed by atoms with Crippen LogP contribution in [-0.4, -0.2) is 5.11 Å². The van der Waals surface area contributed by atoms with Gasteiger partial charge in [0.25, 0.3) is 0 Å². The molecular weight excluding hydrogens is 491 g/mol. The molecule has 2 nitrogen and oxygen atoms in total. The molecule has 7 aromatic rings. The van der Waals surface area contributed by atoms with Gasteiger partial charge < -0.3 is 10.0 Å². The third-order valence-corrected chi connectivity index (χ3v) is 8.77. The Bertz CT molecular complexity index is 1730. The molecule has 0 aliphatic rings. The molecule has 7 rings (SSSR count). The van der Waals surface area contributed by atoms with Crippen LogP contribution in [0, 0.1) is 0 Å². The van der Waals surface area contributed by atoms with Crippen molar-refractivity contribution >= 4 is 80.1 Å². The standard InChI is InChI=1S/C30H19NOS2.C3H8/c32-20-17-15-19(16-18-20)31(25-11-5-9-23-21-7-1-3-13-27(21)33-29(23)25)26-12-6-10-24-22-8-2-4-14-28(22)34-30(24)26;1-3-2/h1-18,32H;3H2,1-2H3. The summed E-state index contributed by atoms with van der Waals surface area (Å²) >= 11 is 3.66. The molecule has 2 aromatic heterocycles. The number of anilines is 3. The van der Waals surface area contributed by atoms with Gasteiger partial charge in [-0.05, 0) is 48.5 Å². The van der Waals surface area contributed by atoms with Crippen LogP contribution in [-0.2, 0) is 0 Å². The van der Waals surface area contributed by atoms with E-state index in [1.807, 2.05) is 34.8 Å². The Morgan fingerprint density at radius 3 is 1.46 bits per heavy atom. The lowest BCUT2D eigenvalue weighted by Gasteiger charge is -2.26. The van der Waals surface area contributed by atoms with Crippen molar-refractivity contribution in [3.63, 3.8) is 0 Å². The highest BCUT2D eigenvalue weighted by Crippen LogP contribution is 2.48. The van der Waals surface area contributed by atoms with Gasteiger partial charge in [-0.2, -0.15) is 0 Å². The number of fused-ring (bicyclic) bond motifs is 6. The number of hydrogen-bond donors (Lipinski definition) is 1. The van der Waals surface area contributed by atoms with Gasteiger partial charge in [-0.15, -0.1) is 22.7 Å². The molecule has 5 aromatic carbocycles. The van der Waals surface area contributed by atoms with E-state index in [0.717, 1.165) is 17.1 Å². The first kappa shape index (κ1) is 23.5. The Morgan fingerprint density at radius 2 is 0.973 bits per heavy atom. The molecule has 0 aliphatic heterocycles. The van der Waals surface area contributed by atoms with E-state index < -0.39 is 0 Å². The minimum Gasteiger partial charge on any atom is -0.508 e. The highest BCUT2D eigenvalue weighted by atomic mass is 32.1. The first-order valence-electron chi connectivity index (χ1n) is 12.6. The average Bonchev–Trinajstić information content (AvgIpc) is 3.50. The van der Waals surface area contributed by atoms with Crippen molar-refractivity contribution in [2.24, 2.45) is 0 Å². The zero-order chi connectivity index (χ0) is 25.4. The molecule has 0 unspecified atom stereocenters. The molecule has 4 heteroatoms. The van der Waals surface area contributed by atoms with E-state index in [2.05, 4.69) is 104 Å². The van der Waals surface area contributed by atoms with Crippen LogP contribution in [0.25, 0.3) is 40.3 Å². The number of hydrogen-bond acceptors (Lipinski definition) is 4. The van der Waals surface area contributed by atoms with Gasteiger partial charge in [0, 0.05) is 36.6 Å². The number of thiophene rings is 2. The van der Waals surface area contributed by atoms with Gasteiger partial charge in [0.15, 0.2) is 0 Å². The molecule has 2 heterocycles. The molecule has 0 aliphatic carbocycles. The Kier molecular flexibility index (Phi) is 6.29. The van der Waals surface area contributed by atoms with Crippen molar-refractivity contribution in [2.45, 2.75) is 20.3 Å². The van der Waals surface area contributed by atoms with Crippen LogP contribution in [0.2, 0.25) is 0 Å². The molecule has 182 valence electrons. The largest absolute Gasteiger partial charge is 0.508 e. The van der Waals surface area contributed by atoms with Crippen molar-refractivity contribution in [2.75, 3.05) is 4.90 Å². The first-order chi connectivity index (χ1) is 18.2. The summed E-state index contributed by atoms with van der Waals surface area (Å²) in [5.41, 5.74) is 3.32. The fourth-order valence-corrected chi connectivity index (χ4v) is 7.24. The van der Waals surface area contributed by atoms with Gasteiger partial charge in [0.1, 0.15) is 5.75 Å². The summed E-state index contributed by atoms with van der Waals surface area (Å²) in [7, 11) is 0. The summed E-state index contributed by atoms with van der Waals surface area (Å²) < 4.78 is 5.09. The van der Waals surface area contributed by atoms with E-state index in [4.69, 9.17) is 0 Å². The van der Waals surface area contributed by atoms with E-state index >= 15 is 0 Å². The summed E-state index contributed by atoms with van der Waals surface area (Å²) in [4.78, 5) is 2.34. The summed E-state index contributed by atoms with van der Waals surface area (Å²) in [6, 6.07) is 37.9. The Balaban J connectivity index is 0.000000804.